The molecule has 1 aromatic carbocycles. The van der Waals surface area contributed by atoms with E-state index in [0.29, 0.717) is 11.1 Å². The molecule has 2 aromatic rings. The number of halogens is 3. The van der Waals surface area contributed by atoms with Crippen molar-refractivity contribution < 1.29 is 32.6 Å². The minimum Gasteiger partial charge on any atom is -0.465 e. The molecule has 166 valence electrons. The van der Waals surface area contributed by atoms with Crippen molar-refractivity contribution in [1.29, 1.82) is 0 Å². The van der Waals surface area contributed by atoms with E-state index in [-0.39, 0.29) is 37.1 Å². The van der Waals surface area contributed by atoms with Gasteiger partial charge in [0.05, 0.1) is 6.04 Å². The summed E-state index contributed by atoms with van der Waals surface area (Å²) in [6.07, 6.45) is -4.51. The van der Waals surface area contributed by atoms with Crippen LogP contribution in [0, 0.1) is 0 Å². The number of alkyl halides is 3. The lowest BCUT2D eigenvalue weighted by atomic mass is 9.97. The molecule has 0 saturated carbocycles. The third-order valence-electron chi connectivity index (χ3n) is 5.04. The zero-order chi connectivity index (χ0) is 22.8. The Morgan fingerprint density at radius 2 is 2.00 bits per heavy atom. The van der Waals surface area contributed by atoms with Crippen LogP contribution < -0.4 is 10.5 Å². The van der Waals surface area contributed by atoms with E-state index in [4.69, 9.17) is 5.73 Å². The van der Waals surface area contributed by atoms with Gasteiger partial charge in [0.25, 0.3) is 5.91 Å². The van der Waals surface area contributed by atoms with Gasteiger partial charge in [-0.25, -0.2) is 4.79 Å². The Bertz CT molecular complexity index is 969. The molecular formula is C20H21F3N4O4. The summed E-state index contributed by atoms with van der Waals surface area (Å²) < 4.78 is 41.7. The summed E-state index contributed by atoms with van der Waals surface area (Å²) in [4.78, 5) is 30.7. The number of rotatable bonds is 5. The molecule has 2 atom stereocenters. The van der Waals surface area contributed by atoms with E-state index in [1.807, 2.05) is 4.90 Å². The van der Waals surface area contributed by atoms with Crippen LogP contribution in [-0.2, 0) is 6.54 Å². The first-order valence-corrected chi connectivity index (χ1v) is 9.38. The van der Waals surface area contributed by atoms with E-state index in [1.165, 1.54) is 29.3 Å². The summed E-state index contributed by atoms with van der Waals surface area (Å²) in [5.41, 5.74) is 6.46. The van der Waals surface area contributed by atoms with E-state index in [2.05, 4.69) is 9.72 Å². The molecule has 3 rings (SSSR count). The summed E-state index contributed by atoms with van der Waals surface area (Å²) >= 11 is 0. The average Bonchev–Trinajstić information content (AvgIpc) is 2.67. The fraction of sp³-hybridized carbons (Fsp3) is 0.350. The van der Waals surface area contributed by atoms with Gasteiger partial charge < -0.3 is 20.5 Å². The number of amides is 2. The van der Waals surface area contributed by atoms with Gasteiger partial charge in [-0.2, -0.15) is 0 Å². The number of nitrogens with two attached hydrogens (primary N) is 1. The molecule has 2 amide bonds. The van der Waals surface area contributed by atoms with Crippen molar-refractivity contribution in [2.75, 3.05) is 13.1 Å². The van der Waals surface area contributed by atoms with Crippen LogP contribution in [0.2, 0.25) is 0 Å². The van der Waals surface area contributed by atoms with E-state index in [1.54, 1.807) is 25.1 Å². The molecule has 1 aliphatic heterocycles. The SMILES string of the molecule is CC1CN(Cc2cccc(OC(F)(F)F)c2)C(c2cccnc2C(N)=O)CN1C(=O)O. The minimum absolute atomic E-state index is 0.0200. The highest BCUT2D eigenvalue weighted by Gasteiger charge is 2.37. The number of aromatic nitrogens is 1. The first-order chi connectivity index (χ1) is 14.5. The van der Waals surface area contributed by atoms with Crippen molar-refractivity contribution in [2.45, 2.75) is 31.9 Å². The predicted octanol–water partition coefficient (Wildman–Crippen LogP) is 3.00. The van der Waals surface area contributed by atoms with Crippen molar-refractivity contribution >= 4 is 12.0 Å². The summed E-state index contributed by atoms with van der Waals surface area (Å²) in [5, 5.41) is 9.55. The van der Waals surface area contributed by atoms with Crippen molar-refractivity contribution in [1.82, 2.24) is 14.8 Å². The van der Waals surface area contributed by atoms with Crippen molar-refractivity contribution in [3.63, 3.8) is 0 Å². The normalized spacial score (nSPS) is 19.8. The van der Waals surface area contributed by atoms with Gasteiger partial charge in [-0.05, 0) is 30.7 Å². The largest absolute Gasteiger partial charge is 0.573 e. The Labute approximate surface area is 176 Å². The average molecular weight is 438 g/mol. The van der Waals surface area contributed by atoms with Gasteiger partial charge in [0.1, 0.15) is 11.4 Å². The first kappa shape index (κ1) is 22.3. The molecule has 1 aromatic heterocycles. The van der Waals surface area contributed by atoms with Gasteiger partial charge >= 0.3 is 12.5 Å². The lowest BCUT2D eigenvalue weighted by Gasteiger charge is -2.44. The first-order valence-electron chi connectivity index (χ1n) is 9.38. The van der Waals surface area contributed by atoms with Gasteiger partial charge in [0, 0.05) is 37.4 Å². The molecule has 2 heterocycles. The number of ether oxygens (including phenoxy) is 1. The molecule has 1 saturated heterocycles. The molecule has 8 nitrogen and oxygen atoms in total. The molecule has 31 heavy (non-hydrogen) atoms. The van der Waals surface area contributed by atoms with Crippen LogP contribution in [0.25, 0.3) is 0 Å². The van der Waals surface area contributed by atoms with Crippen LogP contribution in [0.3, 0.4) is 0 Å². The number of hydrogen-bond acceptors (Lipinski definition) is 5. The maximum atomic E-state index is 12.6. The highest BCUT2D eigenvalue weighted by molar-refractivity contribution is 5.92. The third kappa shape index (κ3) is 5.43. The Balaban J connectivity index is 1.94. The fourth-order valence-electron chi connectivity index (χ4n) is 3.75. The minimum atomic E-state index is -4.81. The number of primary amides is 1. The van der Waals surface area contributed by atoms with Crippen LogP contribution >= 0.6 is 0 Å². The summed E-state index contributed by atoms with van der Waals surface area (Å²) in [5.74, 6) is -1.10. The zero-order valence-corrected chi connectivity index (χ0v) is 16.5. The molecule has 1 aliphatic rings. The number of carbonyl (C=O) groups excluding carboxylic acids is 1. The lowest BCUT2D eigenvalue weighted by Crippen LogP contribution is -2.55. The Morgan fingerprint density at radius 1 is 1.26 bits per heavy atom. The van der Waals surface area contributed by atoms with Gasteiger partial charge in [-0.3, -0.25) is 14.7 Å². The molecule has 1 fully saturated rings. The molecule has 0 bridgehead atoms. The van der Waals surface area contributed by atoms with Crippen LogP contribution in [0.5, 0.6) is 5.75 Å². The summed E-state index contributed by atoms with van der Waals surface area (Å²) in [6.45, 7) is 2.26. The second-order valence-corrected chi connectivity index (χ2v) is 7.23. The standard InChI is InChI=1S/C20H21F3N4O4/c1-12-9-26(10-13-4-2-5-14(8-13)31-20(21,22)23)16(11-27(12)19(29)30)15-6-3-7-25-17(15)18(24)28/h2-8,12,16H,9-11H2,1H3,(H2,24,28)(H,29,30). The zero-order valence-electron chi connectivity index (χ0n) is 16.5. The van der Waals surface area contributed by atoms with Crippen LogP contribution in [0.4, 0.5) is 18.0 Å². The number of carbonyl (C=O) groups is 2. The van der Waals surface area contributed by atoms with E-state index >= 15 is 0 Å². The summed E-state index contributed by atoms with van der Waals surface area (Å²) in [7, 11) is 0. The Kier molecular flexibility index (Phi) is 6.34. The number of pyridine rings is 1. The Hall–Kier alpha value is -3.34. The van der Waals surface area contributed by atoms with Crippen LogP contribution in [0.15, 0.2) is 42.6 Å². The van der Waals surface area contributed by atoms with E-state index < -0.39 is 24.4 Å². The number of nitrogens with zero attached hydrogens (tertiary/aromatic N) is 3. The van der Waals surface area contributed by atoms with Gasteiger partial charge in [-0.1, -0.05) is 18.2 Å². The van der Waals surface area contributed by atoms with Gasteiger partial charge in [0.15, 0.2) is 0 Å². The topological polar surface area (TPSA) is 109 Å². The second-order valence-electron chi connectivity index (χ2n) is 7.23. The van der Waals surface area contributed by atoms with Crippen LogP contribution in [-0.4, -0.2) is 57.4 Å². The van der Waals surface area contributed by atoms with Crippen molar-refractivity contribution in [2.24, 2.45) is 5.73 Å². The molecule has 0 spiro atoms. The van der Waals surface area contributed by atoms with Crippen molar-refractivity contribution in [3.05, 3.63) is 59.4 Å². The number of piperazine rings is 1. The lowest BCUT2D eigenvalue weighted by molar-refractivity contribution is -0.274. The highest BCUT2D eigenvalue weighted by atomic mass is 19.4. The summed E-state index contributed by atoms with van der Waals surface area (Å²) in [6, 6.07) is 7.87. The number of carboxylic acid groups (broad SMARTS) is 1. The van der Waals surface area contributed by atoms with Crippen molar-refractivity contribution in [3.8, 4) is 5.75 Å². The monoisotopic (exact) mass is 438 g/mol. The second kappa shape index (κ2) is 8.80. The van der Waals surface area contributed by atoms with Gasteiger partial charge in [-0.15, -0.1) is 13.2 Å². The molecule has 3 N–H and O–H groups in total. The highest BCUT2D eigenvalue weighted by Crippen LogP contribution is 2.32. The predicted molar refractivity (Wildman–Crippen MR) is 103 cm³/mol. The maximum absolute atomic E-state index is 12.6. The number of benzene rings is 1. The van der Waals surface area contributed by atoms with E-state index in [9.17, 15) is 27.9 Å². The molecule has 2 unspecified atom stereocenters. The third-order valence-corrected chi connectivity index (χ3v) is 5.04. The van der Waals surface area contributed by atoms with Crippen LogP contribution in [0.1, 0.15) is 34.6 Å². The molecule has 0 radical (unpaired) electrons. The van der Waals surface area contributed by atoms with Gasteiger partial charge in [0.2, 0.25) is 0 Å². The smallest absolute Gasteiger partial charge is 0.465 e. The van der Waals surface area contributed by atoms with E-state index in [0.717, 1.165) is 0 Å². The quantitative estimate of drug-likeness (QED) is 0.743. The molecular weight excluding hydrogens is 417 g/mol. The Morgan fingerprint density at radius 3 is 2.65 bits per heavy atom. The molecule has 0 aliphatic carbocycles. The fourth-order valence-corrected chi connectivity index (χ4v) is 3.75. The maximum Gasteiger partial charge on any atom is 0.573 e. The molecule has 11 heteroatoms. The number of hydrogen-bond donors (Lipinski definition) is 2.